The Hall–Kier alpha value is -1.88. The van der Waals surface area contributed by atoms with E-state index in [0.29, 0.717) is 24.7 Å². The standard InChI is InChI=1S/C12H14N2O3/c1-8(15)12-10-7-9(17-6-5-16-2)3-4-11(10)13-14-12/h3-4,7H,5-6H2,1-2H3,(H,13,14). The zero-order valence-electron chi connectivity index (χ0n) is 9.82. The molecule has 2 rings (SSSR count). The average molecular weight is 234 g/mol. The first-order chi connectivity index (χ1) is 8.22. The number of H-pyrrole nitrogens is 1. The number of carbonyl (C=O) groups is 1. The minimum atomic E-state index is -0.0645. The molecule has 0 aliphatic rings. The highest BCUT2D eigenvalue weighted by Crippen LogP contribution is 2.22. The Morgan fingerprint density at radius 3 is 2.94 bits per heavy atom. The van der Waals surface area contributed by atoms with E-state index >= 15 is 0 Å². The molecule has 0 bridgehead atoms. The summed E-state index contributed by atoms with van der Waals surface area (Å²) in [4.78, 5) is 11.3. The van der Waals surface area contributed by atoms with Gasteiger partial charge in [0.15, 0.2) is 5.78 Å². The van der Waals surface area contributed by atoms with Gasteiger partial charge in [-0.2, -0.15) is 5.10 Å². The van der Waals surface area contributed by atoms with Crippen LogP contribution in [0.5, 0.6) is 5.75 Å². The fourth-order valence-electron chi connectivity index (χ4n) is 1.59. The third-order valence-corrected chi connectivity index (χ3v) is 2.42. The monoisotopic (exact) mass is 234 g/mol. The van der Waals surface area contributed by atoms with E-state index < -0.39 is 0 Å². The van der Waals surface area contributed by atoms with Crippen LogP contribution in [0.4, 0.5) is 0 Å². The zero-order valence-corrected chi connectivity index (χ0v) is 9.82. The van der Waals surface area contributed by atoms with E-state index in [4.69, 9.17) is 9.47 Å². The van der Waals surface area contributed by atoms with Crippen molar-refractivity contribution in [3.63, 3.8) is 0 Å². The quantitative estimate of drug-likeness (QED) is 0.632. The number of hydrogen-bond donors (Lipinski definition) is 1. The predicted molar refractivity (Wildman–Crippen MR) is 63.5 cm³/mol. The first-order valence-electron chi connectivity index (χ1n) is 5.33. The third-order valence-electron chi connectivity index (χ3n) is 2.42. The van der Waals surface area contributed by atoms with Crippen LogP contribution in [0.1, 0.15) is 17.4 Å². The number of aromatic amines is 1. The topological polar surface area (TPSA) is 64.2 Å². The Kier molecular flexibility index (Phi) is 3.39. The maximum atomic E-state index is 11.3. The summed E-state index contributed by atoms with van der Waals surface area (Å²) in [7, 11) is 1.62. The van der Waals surface area contributed by atoms with E-state index in [1.165, 1.54) is 6.92 Å². The molecule has 0 aliphatic heterocycles. The van der Waals surface area contributed by atoms with Crippen molar-refractivity contribution in [1.82, 2.24) is 10.2 Å². The minimum absolute atomic E-state index is 0.0645. The van der Waals surface area contributed by atoms with Crippen LogP contribution < -0.4 is 4.74 Å². The molecule has 0 fully saturated rings. The Morgan fingerprint density at radius 2 is 2.24 bits per heavy atom. The Balaban J connectivity index is 2.28. The Bertz CT molecular complexity index is 534. The Labute approximate surface area is 98.7 Å². The van der Waals surface area contributed by atoms with Gasteiger partial charge >= 0.3 is 0 Å². The lowest BCUT2D eigenvalue weighted by atomic mass is 10.1. The summed E-state index contributed by atoms with van der Waals surface area (Å²) in [6, 6.07) is 5.49. The lowest BCUT2D eigenvalue weighted by Gasteiger charge is -2.05. The van der Waals surface area contributed by atoms with Gasteiger partial charge in [0.2, 0.25) is 0 Å². The average Bonchev–Trinajstić information content (AvgIpc) is 2.72. The van der Waals surface area contributed by atoms with Crippen molar-refractivity contribution in [2.75, 3.05) is 20.3 Å². The maximum absolute atomic E-state index is 11.3. The summed E-state index contributed by atoms with van der Waals surface area (Å²) < 4.78 is 10.4. The smallest absolute Gasteiger partial charge is 0.180 e. The highest BCUT2D eigenvalue weighted by Gasteiger charge is 2.10. The number of nitrogens with zero attached hydrogens (tertiary/aromatic N) is 1. The lowest BCUT2D eigenvalue weighted by Crippen LogP contribution is -2.04. The third kappa shape index (κ3) is 2.45. The molecule has 5 heteroatoms. The summed E-state index contributed by atoms with van der Waals surface area (Å²) in [5, 5.41) is 7.58. The number of aromatic nitrogens is 2. The molecule has 0 radical (unpaired) electrons. The summed E-state index contributed by atoms with van der Waals surface area (Å²) in [5.74, 6) is 0.642. The molecule has 1 N–H and O–H groups in total. The summed E-state index contributed by atoms with van der Waals surface area (Å²) >= 11 is 0. The van der Waals surface area contributed by atoms with Gasteiger partial charge in [-0.1, -0.05) is 0 Å². The van der Waals surface area contributed by atoms with Crippen LogP contribution in [0, 0.1) is 0 Å². The number of fused-ring (bicyclic) bond motifs is 1. The van der Waals surface area contributed by atoms with E-state index in [1.54, 1.807) is 7.11 Å². The van der Waals surface area contributed by atoms with Crippen LogP contribution in [-0.4, -0.2) is 36.3 Å². The van der Waals surface area contributed by atoms with Gasteiger partial charge in [-0.05, 0) is 18.2 Å². The van der Waals surface area contributed by atoms with Crippen molar-refractivity contribution in [2.45, 2.75) is 6.92 Å². The van der Waals surface area contributed by atoms with Gasteiger partial charge in [0, 0.05) is 19.4 Å². The number of nitrogens with one attached hydrogen (secondary N) is 1. The number of rotatable bonds is 5. The van der Waals surface area contributed by atoms with E-state index in [2.05, 4.69) is 10.2 Å². The molecule has 0 unspecified atom stereocenters. The molecule has 0 amide bonds. The highest BCUT2D eigenvalue weighted by molar-refractivity contribution is 6.04. The molecule has 0 saturated carbocycles. The molecule has 0 saturated heterocycles. The normalized spacial score (nSPS) is 10.7. The second-order valence-electron chi connectivity index (χ2n) is 3.68. The number of methoxy groups -OCH3 is 1. The number of benzene rings is 1. The summed E-state index contributed by atoms with van der Waals surface area (Å²) in [6.45, 7) is 2.51. The van der Waals surface area contributed by atoms with E-state index in [0.717, 1.165) is 10.9 Å². The van der Waals surface area contributed by atoms with Gasteiger partial charge in [-0.15, -0.1) is 0 Å². The van der Waals surface area contributed by atoms with Crippen molar-refractivity contribution in [3.05, 3.63) is 23.9 Å². The molecule has 0 aliphatic carbocycles. The molecular weight excluding hydrogens is 220 g/mol. The van der Waals surface area contributed by atoms with Crippen LogP contribution >= 0.6 is 0 Å². The zero-order chi connectivity index (χ0) is 12.3. The second kappa shape index (κ2) is 4.97. The predicted octanol–water partition coefficient (Wildman–Crippen LogP) is 1.79. The summed E-state index contributed by atoms with van der Waals surface area (Å²) in [5.41, 5.74) is 1.27. The van der Waals surface area contributed by atoms with Gasteiger partial charge < -0.3 is 9.47 Å². The fraction of sp³-hybridized carbons (Fsp3) is 0.333. The van der Waals surface area contributed by atoms with Crippen LogP contribution in [0.2, 0.25) is 0 Å². The van der Waals surface area contributed by atoms with E-state index in [1.807, 2.05) is 18.2 Å². The molecule has 1 heterocycles. The molecule has 1 aromatic heterocycles. The highest BCUT2D eigenvalue weighted by atomic mass is 16.5. The lowest BCUT2D eigenvalue weighted by molar-refractivity contribution is 0.101. The van der Waals surface area contributed by atoms with Gasteiger partial charge in [0.1, 0.15) is 18.1 Å². The van der Waals surface area contributed by atoms with Crippen LogP contribution in [-0.2, 0) is 4.74 Å². The van der Waals surface area contributed by atoms with Crippen molar-refractivity contribution in [2.24, 2.45) is 0 Å². The SMILES string of the molecule is COCCOc1ccc2[nH]nc(C(C)=O)c2c1. The molecule has 1 aromatic carbocycles. The Morgan fingerprint density at radius 1 is 1.41 bits per heavy atom. The molecule has 2 aromatic rings. The van der Waals surface area contributed by atoms with Gasteiger partial charge in [0.25, 0.3) is 0 Å². The van der Waals surface area contributed by atoms with Gasteiger partial charge in [-0.25, -0.2) is 0 Å². The van der Waals surface area contributed by atoms with Gasteiger partial charge in [0.05, 0.1) is 12.1 Å². The summed E-state index contributed by atoms with van der Waals surface area (Å²) in [6.07, 6.45) is 0. The van der Waals surface area contributed by atoms with Crippen LogP contribution in [0.15, 0.2) is 18.2 Å². The van der Waals surface area contributed by atoms with Crippen molar-refractivity contribution < 1.29 is 14.3 Å². The molecule has 0 atom stereocenters. The fourth-order valence-corrected chi connectivity index (χ4v) is 1.59. The van der Waals surface area contributed by atoms with Crippen LogP contribution in [0.3, 0.4) is 0 Å². The van der Waals surface area contributed by atoms with E-state index in [-0.39, 0.29) is 5.78 Å². The van der Waals surface area contributed by atoms with Crippen molar-refractivity contribution in [1.29, 1.82) is 0 Å². The number of ether oxygens (including phenoxy) is 2. The van der Waals surface area contributed by atoms with Gasteiger partial charge in [-0.3, -0.25) is 9.89 Å². The van der Waals surface area contributed by atoms with Crippen LogP contribution in [0.25, 0.3) is 10.9 Å². The number of Topliss-reactive ketones (excluding diaryl/α,β-unsaturated/α-hetero) is 1. The molecular formula is C12H14N2O3. The molecule has 0 spiro atoms. The largest absolute Gasteiger partial charge is 0.491 e. The number of carbonyl (C=O) groups excluding carboxylic acids is 1. The molecule has 5 nitrogen and oxygen atoms in total. The first kappa shape index (κ1) is 11.6. The number of hydrogen-bond acceptors (Lipinski definition) is 4. The minimum Gasteiger partial charge on any atom is -0.491 e. The maximum Gasteiger partial charge on any atom is 0.180 e. The first-order valence-corrected chi connectivity index (χ1v) is 5.33. The number of ketones is 1. The molecule has 90 valence electrons. The second-order valence-corrected chi connectivity index (χ2v) is 3.68. The molecule has 17 heavy (non-hydrogen) atoms. The van der Waals surface area contributed by atoms with Crippen molar-refractivity contribution >= 4 is 16.7 Å². The van der Waals surface area contributed by atoms with E-state index in [9.17, 15) is 4.79 Å². The van der Waals surface area contributed by atoms with Crippen molar-refractivity contribution in [3.8, 4) is 5.75 Å².